The smallest absolute Gasteiger partial charge is 0.407 e. The Morgan fingerprint density at radius 3 is 2.85 bits per heavy atom. The van der Waals surface area contributed by atoms with E-state index in [1.807, 2.05) is 24.3 Å². The number of imidazole rings is 1. The molecule has 146 valence electrons. The van der Waals surface area contributed by atoms with Crippen molar-refractivity contribution in [2.24, 2.45) is 0 Å². The van der Waals surface area contributed by atoms with Crippen LogP contribution in [0.4, 0.5) is 4.79 Å². The van der Waals surface area contributed by atoms with Crippen LogP contribution in [0.2, 0.25) is 5.15 Å². The molecule has 0 spiro atoms. The second-order valence-corrected chi connectivity index (χ2v) is 6.71. The number of benzene rings is 1. The molecule has 9 heteroatoms. The summed E-state index contributed by atoms with van der Waals surface area (Å²) in [4.78, 5) is 18.9. The molecule has 1 fully saturated rings. The number of nitrogens with zero attached hydrogens (tertiary/aromatic N) is 1. The van der Waals surface area contributed by atoms with E-state index in [2.05, 4.69) is 20.6 Å². The van der Waals surface area contributed by atoms with Crippen molar-refractivity contribution in [3.63, 3.8) is 0 Å². The largest absolute Gasteiger partial charge is 0.497 e. The van der Waals surface area contributed by atoms with Crippen LogP contribution in [0.25, 0.3) is 0 Å². The van der Waals surface area contributed by atoms with E-state index in [1.54, 1.807) is 7.11 Å². The number of carbonyl (C=O) groups excluding carboxylic acids is 1. The molecule has 0 bridgehead atoms. The molecule has 4 N–H and O–H groups in total. The van der Waals surface area contributed by atoms with Crippen LogP contribution in [-0.4, -0.2) is 59.6 Å². The Morgan fingerprint density at radius 2 is 2.19 bits per heavy atom. The number of aliphatic hydroxyl groups is 1. The lowest BCUT2D eigenvalue weighted by Gasteiger charge is -2.22. The van der Waals surface area contributed by atoms with Crippen LogP contribution in [0, 0.1) is 0 Å². The average molecular weight is 395 g/mol. The van der Waals surface area contributed by atoms with Gasteiger partial charge in [-0.15, -0.1) is 0 Å². The highest BCUT2D eigenvalue weighted by atomic mass is 35.5. The fraction of sp³-hybridized carbons (Fsp3) is 0.444. The molecule has 3 atom stereocenters. The summed E-state index contributed by atoms with van der Waals surface area (Å²) in [5.41, 5.74) is 1.81. The Balaban J connectivity index is 1.50. The van der Waals surface area contributed by atoms with Crippen molar-refractivity contribution in [3.8, 4) is 5.75 Å². The molecule has 2 heterocycles. The summed E-state index contributed by atoms with van der Waals surface area (Å²) >= 11 is 5.89. The molecule has 1 aliphatic rings. The van der Waals surface area contributed by atoms with E-state index in [-0.39, 0.29) is 6.04 Å². The maximum Gasteiger partial charge on any atom is 0.407 e. The van der Waals surface area contributed by atoms with E-state index in [0.29, 0.717) is 31.1 Å². The number of halogens is 1. The van der Waals surface area contributed by atoms with Crippen molar-refractivity contribution < 1.29 is 19.4 Å². The molecule has 1 saturated heterocycles. The third kappa shape index (κ3) is 5.12. The lowest BCUT2D eigenvalue weighted by molar-refractivity contribution is 0.0191. The number of amides is 1. The van der Waals surface area contributed by atoms with E-state index >= 15 is 0 Å². The van der Waals surface area contributed by atoms with Crippen LogP contribution in [0.15, 0.2) is 30.6 Å². The minimum atomic E-state index is -0.749. The number of hydrogen-bond donors (Lipinski definition) is 4. The summed E-state index contributed by atoms with van der Waals surface area (Å²) in [6.07, 6.45) is 0.694. The lowest BCUT2D eigenvalue weighted by Crippen LogP contribution is -2.41. The fourth-order valence-corrected chi connectivity index (χ4v) is 3.27. The maximum atomic E-state index is 12.1. The molecule has 2 aromatic rings. The van der Waals surface area contributed by atoms with Gasteiger partial charge in [0.25, 0.3) is 0 Å². The first kappa shape index (κ1) is 19.5. The molecule has 27 heavy (non-hydrogen) atoms. The number of rotatable bonds is 7. The van der Waals surface area contributed by atoms with Crippen LogP contribution in [0.1, 0.15) is 11.3 Å². The van der Waals surface area contributed by atoms with E-state index < -0.39 is 18.3 Å². The summed E-state index contributed by atoms with van der Waals surface area (Å²) in [5, 5.41) is 16.4. The number of nitrogens with one attached hydrogen (secondary N) is 3. The lowest BCUT2D eigenvalue weighted by atomic mass is 10.0. The first-order valence-corrected chi connectivity index (χ1v) is 9.11. The quantitative estimate of drug-likeness (QED) is 0.563. The molecule has 1 amide bonds. The molecule has 0 unspecified atom stereocenters. The predicted octanol–water partition coefficient (Wildman–Crippen LogP) is 1.28. The molecular weight excluding hydrogens is 372 g/mol. The highest BCUT2D eigenvalue weighted by Crippen LogP contribution is 2.19. The molecule has 0 radical (unpaired) electrons. The minimum absolute atomic E-state index is 0.166. The molecule has 1 aromatic heterocycles. The topological polar surface area (TPSA) is 108 Å². The van der Waals surface area contributed by atoms with E-state index in [4.69, 9.17) is 21.1 Å². The standard InChI is InChI=1S/C18H23ClN4O4/c1-26-12-4-2-11(3-5-12)8-14-16(15(24)9-21-14)27-18(25)20-7-6-13-17(19)23-10-22-13/h2-5,10,14-16,21,24H,6-9H2,1H3,(H,20,25)(H,22,23)/t14-,15+,16+/m1/s1. The Labute approximate surface area is 162 Å². The molecule has 3 rings (SSSR count). The Morgan fingerprint density at radius 1 is 1.41 bits per heavy atom. The Hall–Kier alpha value is -2.29. The third-order valence-corrected chi connectivity index (χ3v) is 4.86. The summed E-state index contributed by atoms with van der Waals surface area (Å²) < 4.78 is 10.6. The minimum Gasteiger partial charge on any atom is -0.497 e. The van der Waals surface area contributed by atoms with Gasteiger partial charge in [-0.25, -0.2) is 9.78 Å². The maximum absolute atomic E-state index is 12.1. The number of hydrogen-bond acceptors (Lipinski definition) is 6. The van der Waals surface area contributed by atoms with Gasteiger partial charge in [-0.05, 0) is 24.1 Å². The Bertz CT molecular complexity index is 752. The highest BCUT2D eigenvalue weighted by Gasteiger charge is 2.37. The van der Waals surface area contributed by atoms with Gasteiger partial charge in [0.05, 0.1) is 25.2 Å². The van der Waals surface area contributed by atoms with Gasteiger partial charge >= 0.3 is 6.09 Å². The van der Waals surface area contributed by atoms with Crippen molar-refractivity contribution >= 4 is 17.7 Å². The molecule has 1 aromatic carbocycles. The van der Waals surface area contributed by atoms with E-state index in [1.165, 1.54) is 6.33 Å². The average Bonchev–Trinajstić information content (AvgIpc) is 3.22. The first-order valence-electron chi connectivity index (χ1n) is 8.73. The monoisotopic (exact) mass is 394 g/mol. The number of H-pyrrole nitrogens is 1. The number of aromatic nitrogens is 2. The van der Waals surface area contributed by atoms with Crippen LogP contribution < -0.4 is 15.4 Å². The van der Waals surface area contributed by atoms with E-state index in [9.17, 15) is 9.90 Å². The number of β-amino-alcohol motifs (C(OH)–C–C–N with tert-alkyl or cyclic N) is 1. The Kier molecular flexibility index (Phi) is 6.54. The zero-order valence-electron chi connectivity index (χ0n) is 14.9. The van der Waals surface area contributed by atoms with Gasteiger partial charge < -0.3 is 30.2 Å². The molecular formula is C18H23ClN4O4. The third-order valence-electron chi connectivity index (χ3n) is 4.53. The normalized spacial score (nSPS) is 21.8. The molecule has 1 aliphatic heterocycles. The summed E-state index contributed by atoms with van der Waals surface area (Å²) in [7, 11) is 1.62. The van der Waals surface area contributed by atoms with Gasteiger partial charge in [0.15, 0.2) is 0 Å². The SMILES string of the molecule is COc1ccc(C[C@H]2NC[C@H](O)[C@H]2OC(=O)NCCc2[nH]cnc2Cl)cc1. The second kappa shape index (κ2) is 9.07. The van der Waals surface area contributed by atoms with Crippen molar-refractivity contribution in [3.05, 3.63) is 47.0 Å². The summed E-state index contributed by atoms with van der Waals surface area (Å²) in [5.74, 6) is 0.780. The van der Waals surface area contributed by atoms with Gasteiger partial charge in [-0.2, -0.15) is 0 Å². The number of aliphatic hydroxyl groups excluding tert-OH is 1. The van der Waals surface area contributed by atoms with Gasteiger partial charge in [0.2, 0.25) is 0 Å². The second-order valence-electron chi connectivity index (χ2n) is 6.35. The van der Waals surface area contributed by atoms with Crippen molar-refractivity contribution in [2.45, 2.75) is 31.1 Å². The zero-order valence-corrected chi connectivity index (χ0v) is 15.7. The van der Waals surface area contributed by atoms with Gasteiger partial charge in [0.1, 0.15) is 23.1 Å². The first-order chi connectivity index (χ1) is 13.1. The molecule has 0 aliphatic carbocycles. The van der Waals surface area contributed by atoms with Crippen molar-refractivity contribution in [1.29, 1.82) is 0 Å². The number of aromatic amines is 1. The summed E-state index contributed by atoms with van der Waals surface area (Å²) in [6, 6.07) is 7.50. The van der Waals surface area contributed by atoms with Gasteiger partial charge in [-0.3, -0.25) is 0 Å². The van der Waals surface area contributed by atoms with Crippen molar-refractivity contribution in [1.82, 2.24) is 20.6 Å². The fourth-order valence-electron chi connectivity index (χ4n) is 3.07. The zero-order chi connectivity index (χ0) is 19.2. The van der Waals surface area contributed by atoms with Gasteiger partial charge in [0, 0.05) is 19.5 Å². The predicted molar refractivity (Wildman–Crippen MR) is 100 cm³/mol. The van der Waals surface area contributed by atoms with E-state index in [0.717, 1.165) is 17.0 Å². The number of alkyl carbamates (subject to hydrolysis) is 1. The highest BCUT2D eigenvalue weighted by molar-refractivity contribution is 6.30. The van der Waals surface area contributed by atoms with Crippen molar-refractivity contribution in [2.75, 3.05) is 20.2 Å². The summed E-state index contributed by atoms with van der Waals surface area (Å²) in [6.45, 7) is 0.725. The van der Waals surface area contributed by atoms with Gasteiger partial charge in [-0.1, -0.05) is 23.7 Å². The number of methoxy groups -OCH3 is 1. The molecule has 0 saturated carbocycles. The number of ether oxygens (including phenoxy) is 2. The van der Waals surface area contributed by atoms with Crippen LogP contribution in [0.3, 0.4) is 0 Å². The van der Waals surface area contributed by atoms with Crippen LogP contribution >= 0.6 is 11.6 Å². The molecule has 8 nitrogen and oxygen atoms in total. The number of carbonyl (C=O) groups is 1. The van der Waals surface area contributed by atoms with Crippen LogP contribution in [0.5, 0.6) is 5.75 Å². The van der Waals surface area contributed by atoms with Crippen LogP contribution in [-0.2, 0) is 17.6 Å².